The molecule has 0 radical (unpaired) electrons. The van der Waals surface area contributed by atoms with E-state index in [-0.39, 0.29) is 18.0 Å². The van der Waals surface area contributed by atoms with Gasteiger partial charge in [-0.1, -0.05) is 13.0 Å². The van der Waals surface area contributed by atoms with Crippen molar-refractivity contribution in [3.8, 4) is 0 Å². The number of carbonyl (C=O) groups excluding carboxylic acids is 2. The summed E-state index contributed by atoms with van der Waals surface area (Å²) in [6.45, 7) is 7.07. The molecule has 3 rings (SSSR count). The van der Waals surface area contributed by atoms with E-state index in [1.54, 1.807) is 29.7 Å². The number of amides is 3. The minimum Gasteiger partial charge on any atom is -0.352 e. The molecule has 0 unspecified atom stereocenters. The second-order valence-electron chi connectivity index (χ2n) is 6.87. The molecule has 0 bridgehead atoms. The number of thiophene rings is 1. The number of hydrogen-bond acceptors (Lipinski definition) is 5. The lowest BCUT2D eigenvalue weighted by Gasteiger charge is -2.36. The summed E-state index contributed by atoms with van der Waals surface area (Å²) >= 11 is 1.62. The van der Waals surface area contributed by atoms with Gasteiger partial charge in [-0.15, -0.1) is 11.3 Å². The Morgan fingerprint density at radius 3 is 2.68 bits per heavy atom. The third-order valence-corrected chi connectivity index (χ3v) is 5.76. The van der Waals surface area contributed by atoms with Crippen molar-refractivity contribution in [3.63, 3.8) is 0 Å². The molecule has 0 aromatic carbocycles. The van der Waals surface area contributed by atoms with Gasteiger partial charge in [0.2, 0.25) is 0 Å². The Labute approximate surface area is 169 Å². The van der Waals surface area contributed by atoms with Crippen LogP contribution in [0.3, 0.4) is 0 Å². The van der Waals surface area contributed by atoms with Gasteiger partial charge in [0.25, 0.3) is 5.91 Å². The van der Waals surface area contributed by atoms with Crippen LogP contribution in [0.15, 0.2) is 35.8 Å². The molecule has 0 spiro atoms. The van der Waals surface area contributed by atoms with E-state index in [4.69, 9.17) is 0 Å². The molecule has 3 heterocycles. The molecule has 8 heteroatoms. The molecule has 28 heavy (non-hydrogen) atoms. The van der Waals surface area contributed by atoms with Gasteiger partial charge in [-0.25, -0.2) is 9.78 Å². The summed E-state index contributed by atoms with van der Waals surface area (Å²) in [6.07, 6.45) is 2.61. The normalized spacial score (nSPS) is 15.2. The van der Waals surface area contributed by atoms with Crippen LogP contribution in [0.4, 0.5) is 10.6 Å². The minimum atomic E-state index is -0.131. The van der Waals surface area contributed by atoms with Crippen molar-refractivity contribution in [2.45, 2.75) is 32.9 Å². The number of nitrogens with zero attached hydrogens (tertiary/aromatic N) is 3. The fourth-order valence-electron chi connectivity index (χ4n) is 3.03. The van der Waals surface area contributed by atoms with Gasteiger partial charge < -0.3 is 20.4 Å². The molecular weight excluding hydrogens is 374 g/mol. The van der Waals surface area contributed by atoms with E-state index in [2.05, 4.69) is 27.4 Å². The number of anilines is 1. The molecule has 2 N–H and O–H groups in total. The summed E-state index contributed by atoms with van der Waals surface area (Å²) < 4.78 is 0. The van der Waals surface area contributed by atoms with Crippen molar-refractivity contribution in [3.05, 3.63) is 46.3 Å². The molecule has 2 aromatic rings. The average molecular weight is 402 g/mol. The number of aromatic nitrogens is 1. The summed E-state index contributed by atoms with van der Waals surface area (Å²) in [5.41, 5.74) is 0.566. The van der Waals surface area contributed by atoms with Crippen LogP contribution in [0, 0.1) is 0 Å². The zero-order chi connectivity index (χ0) is 19.9. The van der Waals surface area contributed by atoms with Crippen molar-refractivity contribution in [2.24, 2.45) is 0 Å². The molecule has 7 nitrogen and oxygen atoms in total. The van der Waals surface area contributed by atoms with Crippen LogP contribution in [0.1, 0.15) is 35.5 Å². The lowest BCUT2D eigenvalue weighted by molar-refractivity contribution is 0.0951. The second-order valence-corrected chi connectivity index (χ2v) is 7.90. The zero-order valence-corrected chi connectivity index (χ0v) is 17.2. The molecule has 2 aromatic heterocycles. The Kier molecular flexibility index (Phi) is 6.86. The topological polar surface area (TPSA) is 77.6 Å². The molecule has 1 saturated heterocycles. The van der Waals surface area contributed by atoms with Crippen LogP contribution >= 0.6 is 11.3 Å². The lowest BCUT2D eigenvalue weighted by Crippen LogP contribution is -2.53. The largest absolute Gasteiger partial charge is 0.352 e. The third kappa shape index (κ3) is 5.01. The molecule has 3 amide bonds. The van der Waals surface area contributed by atoms with E-state index in [0.29, 0.717) is 44.1 Å². The molecule has 150 valence electrons. The van der Waals surface area contributed by atoms with Gasteiger partial charge in [0.1, 0.15) is 5.82 Å². The predicted octanol–water partition coefficient (Wildman–Crippen LogP) is 2.70. The average Bonchev–Trinajstić information content (AvgIpc) is 3.25. The van der Waals surface area contributed by atoms with Gasteiger partial charge >= 0.3 is 6.03 Å². The Balaban J connectivity index is 1.60. The van der Waals surface area contributed by atoms with Crippen molar-refractivity contribution >= 4 is 29.1 Å². The van der Waals surface area contributed by atoms with E-state index in [1.807, 2.05) is 29.3 Å². The summed E-state index contributed by atoms with van der Waals surface area (Å²) in [5, 5.41) is 7.96. The van der Waals surface area contributed by atoms with Gasteiger partial charge in [-0.05, 0) is 36.9 Å². The quantitative estimate of drug-likeness (QED) is 0.780. The van der Waals surface area contributed by atoms with Crippen LogP contribution in [-0.4, -0.2) is 54.0 Å². The number of piperazine rings is 1. The maximum Gasteiger partial charge on any atom is 0.317 e. The number of carbonyl (C=O) groups is 2. The van der Waals surface area contributed by atoms with Gasteiger partial charge in [0.05, 0.1) is 12.1 Å². The monoisotopic (exact) mass is 401 g/mol. The Morgan fingerprint density at radius 1 is 1.21 bits per heavy atom. The molecule has 0 saturated carbocycles. The smallest absolute Gasteiger partial charge is 0.317 e. The number of nitrogens with one attached hydrogen (secondary N) is 2. The molecule has 1 atom stereocenters. The molecule has 1 aliphatic heterocycles. The molecular formula is C20H27N5O2S. The summed E-state index contributed by atoms with van der Waals surface area (Å²) in [4.78, 5) is 34.4. The number of urea groups is 1. The third-order valence-electron chi connectivity index (χ3n) is 4.88. The highest BCUT2D eigenvalue weighted by molar-refractivity contribution is 7.09. The van der Waals surface area contributed by atoms with Gasteiger partial charge in [0, 0.05) is 43.3 Å². The van der Waals surface area contributed by atoms with Crippen LogP contribution in [-0.2, 0) is 6.54 Å². The highest BCUT2D eigenvalue weighted by atomic mass is 32.1. The first kappa shape index (κ1) is 20.1. The highest BCUT2D eigenvalue weighted by Gasteiger charge is 2.25. The van der Waals surface area contributed by atoms with E-state index in [1.165, 1.54) is 0 Å². The first-order valence-electron chi connectivity index (χ1n) is 9.64. The number of pyridine rings is 1. The Morgan fingerprint density at radius 2 is 2.00 bits per heavy atom. The summed E-state index contributed by atoms with van der Waals surface area (Å²) in [7, 11) is 0. The van der Waals surface area contributed by atoms with Crippen molar-refractivity contribution in [1.29, 1.82) is 0 Å². The second kappa shape index (κ2) is 9.54. The first-order chi connectivity index (χ1) is 13.6. The van der Waals surface area contributed by atoms with Crippen molar-refractivity contribution in [2.75, 3.05) is 31.1 Å². The van der Waals surface area contributed by atoms with E-state index in [0.717, 1.165) is 11.3 Å². The SMILES string of the molecule is CC[C@H](C)NC(=O)N1CCN(c2ncccc2C(=O)NCc2cccs2)CC1. The minimum absolute atomic E-state index is 0.0241. The maximum absolute atomic E-state index is 12.7. The fraction of sp³-hybridized carbons (Fsp3) is 0.450. The standard InChI is InChI=1S/C20H27N5O2S/c1-3-15(2)23-20(27)25-11-9-24(10-12-25)18-17(7-4-8-21-18)19(26)22-14-16-6-5-13-28-16/h4-8,13,15H,3,9-12,14H2,1-2H3,(H,22,26)(H,23,27)/t15-/m0/s1. The molecule has 0 aliphatic carbocycles. The van der Waals surface area contributed by atoms with Crippen LogP contribution in [0.2, 0.25) is 0 Å². The number of rotatable bonds is 6. The summed E-state index contributed by atoms with van der Waals surface area (Å²) in [6, 6.07) is 7.69. The van der Waals surface area contributed by atoms with Crippen LogP contribution < -0.4 is 15.5 Å². The van der Waals surface area contributed by atoms with Gasteiger partial charge in [0.15, 0.2) is 0 Å². The van der Waals surface area contributed by atoms with E-state index in [9.17, 15) is 9.59 Å². The van der Waals surface area contributed by atoms with Gasteiger partial charge in [-0.2, -0.15) is 0 Å². The van der Waals surface area contributed by atoms with Gasteiger partial charge in [-0.3, -0.25) is 4.79 Å². The Hall–Kier alpha value is -2.61. The van der Waals surface area contributed by atoms with Crippen LogP contribution in [0.5, 0.6) is 0 Å². The maximum atomic E-state index is 12.7. The number of hydrogen-bond donors (Lipinski definition) is 2. The van der Waals surface area contributed by atoms with E-state index < -0.39 is 0 Å². The first-order valence-corrected chi connectivity index (χ1v) is 10.5. The fourth-order valence-corrected chi connectivity index (χ4v) is 3.67. The van der Waals surface area contributed by atoms with Crippen molar-refractivity contribution in [1.82, 2.24) is 20.5 Å². The van der Waals surface area contributed by atoms with E-state index >= 15 is 0 Å². The van der Waals surface area contributed by atoms with Crippen LogP contribution in [0.25, 0.3) is 0 Å². The molecule has 1 aliphatic rings. The Bertz CT molecular complexity index is 788. The lowest BCUT2D eigenvalue weighted by atomic mass is 10.2. The molecule has 1 fully saturated rings. The van der Waals surface area contributed by atoms with Crippen molar-refractivity contribution < 1.29 is 9.59 Å². The highest BCUT2D eigenvalue weighted by Crippen LogP contribution is 2.19. The zero-order valence-electron chi connectivity index (χ0n) is 16.4. The predicted molar refractivity (Wildman–Crippen MR) is 112 cm³/mol. The summed E-state index contributed by atoms with van der Waals surface area (Å²) in [5.74, 6) is 0.543.